The average molecular weight is 434 g/mol. The number of carbonyl (C=O) groups excluding carboxylic acids is 2. The fourth-order valence-electron chi connectivity index (χ4n) is 3.51. The first-order chi connectivity index (χ1) is 14.4. The van der Waals surface area contributed by atoms with Crippen molar-refractivity contribution >= 4 is 21.8 Å². The van der Waals surface area contributed by atoms with E-state index in [1.54, 1.807) is 19.2 Å². The van der Waals surface area contributed by atoms with Crippen molar-refractivity contribution in [3.63, 3.8) is 0 Å². The smallest absolute Gasteiger partial charge is 0.251 e. The highest BCUT2D eigenvalue weighted by Gasteiger charge is 2.29. The maximum atomic E-state index is 12.9. The SMILES string of the molecule is CN(C1CCCCC1)S(=O)(=O)c1ccc(C(=O)NCC(=O)NCc2ccco2)cc1. The van der Waals surface area contributed by atoms with E-state index >= 15 is 0 Å². The van der Waals surface area contributed by atoms with Gasteiger partial charge in [-0.15, -0.1) is 0 Å². The molecule has 2 N–H and O–H groups in total. The van der Waals surface area contributed by atoms with E-state index in [4.69, 9.17) is 4.42 Å². The Morgan fingerprint density at radius 3 is 2.40 bits per heavy atom. The van der Waals surface area contributed by atoms with E-state index < -0.39 is 15.9 Å². The van der Waals surface area contributed by atoms with Crippen LogP contribution in [0.1, 0.15) is 48.2 Å². The van der Waals surface area contributed by atoms with Crippen molar-refractivity contribution in [2.45, 2.75) is 49.6 Å². The summed E-state index contributed by atoms with van der Waals surface area (Å²) >= 11 is 0. The predicted octanol–water partition coefficient (Wildman–Crippen LogP) is 2.28. The quantitative estimate of drug-likeness (QED) is 0.664. The number of hydrogen-bond donors (Lipinski definition) is 2. The molecule has 0 spiro atoms. The summed E-state index contributed by atoms with van der Waals surface area (Å²) in [7, 11) is -1.99. The molecule has 2 amide bonds. The number of sulfonamides is 1. The summed E-state index contributed by atoms with van der Waals surface area (Å²) in [5.41, 5.74) is 0.285. The topological polar surface area (TPSA) is 109 Å². The van der Waals surface area contributed by atoms with Gasteiger partial charge in [-0.1, -0.05) is 19.3 Å². The number of amides is 2. The predicted molar refractivity (Wildman–Crippen MR) is 111 cm³/mol. The Morgan fingerprint density at radius 2 is 1.77 bits per heavy atom. The van der Waals surface area contributed by atoms with Gasteiger partial charge in [-0.05, 0) is 49.2 Å². The van der Waals surface area contributed by atoms with Gasteiger partial charge in [0.2, 0.25) is 15.9 Å². The van der Waals surface area contributed by atoms with Gasteiger partial charge in [0, 0.05) is 18.7 Å². The molecular formula is C21H27N3O5S. The summed E-state index contributed by atoms with van der Waals surface area (Å²) in [6, 6.07) is 9.25. The monoisotopic (exact) mass is 433 g/mol. The molecule has 162 valence electrons. The zero-order valence-corrected chi connectivity index (χ0v) is 17.8. The molecule has 0 atom stereocenters. The Bertz CT molecular complexity index is 949. The summed E-state index contributed by atoms with van der Waals surface area (Å²) in [4.78, 5) is 24.2. The second kappa shape index (κ2) is 9.90. The number of carbonyl (C=O) groups is 2. The van der Waals surface area contributed by atoms with E-state index in [2.05, 4.69) is 10.6 Å². The van der Waals surface area contributed by atoms with E-state index in [1.165, 1.54) is 34.8 Å². The van der Waals surface area contributed by atoms with Crippen LogP contribution in [0, 0.1) is 0 Å². The van der Waals surface area contributed by atoms with Gasteiger partial charge in [-0.2, -0.15) is 4.31 Å². The molecule has 0 bridgehead atoms. The first kappa shape index (κ1) is 22.0. The normalized spacial score (nSPS) is 15.1. The highest BCUT2D eigenvalue weighted by Crippen LogP contribution is 2.26. The molecule has 1 aliphatic carbocycles. The van der Waals surface area contributed by atoms with Crippen LogP contribution < -0.4 is 10.6 Å². The first-order valence-electron chi connectivity index (χ1n) is 10.0. The maximum absolute atomic E-state index is 12.9. The molecule has 1 aromatic carbocycles. The standard InChI is InChI=1S/C21H27N3O5S/c1-24(17-6-3-2-4-7-17)30(27,28)19-11-9-16(10-12-19)21(26)23-15-20(25)22-14-18-8-5-13-29-18/h5,8-13,17H,2-4,6-7,14-15H2,1H3,(H,22,25)(H,23,26). The molecule has 1 aliphatic rings. The highest BCUT2D eigenvalue weighted by molar-refractivity contribution is 7.89. The molecule has 0 radical (unpaired) electrons. The minimum Gasteiger partial charge on any atom is -0.467 e. The highest BCUT2D eigenvalue weighted by atomic mass is 32.2. The van der Waals surface area contributed by atoms with E-state index in [0.717, 1.165) is 32.1 Å². The lowest BCUT2D eigenvalue weighted by Gasteiger charge is -2.30. The third-order valence-electron chi connectivity index (χ3n) is 5.33. The Labute approximate surface area is 176 Å². The number of benzene rings is 1. The Kier molecular flexibility index (Phi) is 7.28. The minimum absolute atomic E-state index is 0.0198. The zero-order valence-electron chi connectivity index (χ0n) is 17.0. The van der Waals surface area contributed by atoms with Crippen molar-refractivity contribution in [2.75, 3.05) is 13.6 Å². The van der Waals surface area contributed by atoms with Gasteiger partial charge in [0.1, 0.15) is 5.76 Å². The zero-order chi connectivity index (χ0) is 21.6. The third kappa shape index (κ3) is 5.48. The molecule has 30 heavy (non-hydrogen) atoms. The molecule has 2 aromatic rings. The van der Waals surface area contributed by atoms with E-state index in [-0.39, 0.29) is 35.5 Å². The number of furan rings is 1. The van der Waals surface area contributed by atoms with Crippen LogP contribution >= 0.6 is 0 Å². The summed E-state index contributed by atoms with van der Waals surface area (Å²) in [6.45, 7) is 0.0484. The van der Waals surface area contributed by atoms with Crippen molar-refractivity contribution in [1.29, 1.82) is 0 Å². The average Bonchev–Trinajstić information content (AvgIpc) is 3.30. The first-order valence-corrected chi connectivity index (χ1v) is 11.5. The van der Waals surface area contributed by atoms with E-state index in [9.17, 15) is 18.0 Å². The Balaban J connectivity index is 1.53. The van der Waals surface area contributed by atoms with E-state index in [1.807, 2.05) is 0 Å². The summed E-state index contributed by atoms with van der Waals surface area (Å²) in [5.74, 6) is -0.189. The molecule has 1 heterocycles. The van der Waals surface area contributed by atoms with Crippen molar-refractivity contribution in [1.82, 2.24) is 14.9 Å². The van der Waals surface area contributed by atoms with Crippen LogP contribution in [0.15, 0.2) is 52.0 Å². The molecule has 3 rings (SSSR count). The number of nitrogens with zero attached hydrogens (tertiary/aromatic N) is 1. The number of nitrogens with one attached hydrogen (secondary N) is 2. The van der Waals surface area contributed by atoms with Gasteiger partial charge in [0.05, 0.1) is 24.2 Å². The molecule has 1 aromatic heterocycles. The Morgan fingerprint density at radius 1 is 1.07 bits per heavy atom. The molecular weight excluding hydrogens is 406 g/mol. The Hall–Kier alpha value is -2.65. The molecule has 0 saturated heterocycles. The van der Waals surface area contributed by atoms with Crippen molar-refractivity contribution in [3.05, 3.63) is 54.0 Å². The van der Waals surface area contributed by atoms with Crippen LogP contribution in [0.25, 0.3) is 0 Å². The number of rotatable bonds is 8. The van der Waals surface area contributed by atoms with E-state index in [0.29, 0.717) is 5.76 Å². The van der Waals surface area contributed by atoms with Crippen LogP contribution in [0.3, 0.4) is 0 Å². The lowest BCUT2D eigenvalue weighted by molar-refractivity contribution is -0.120. The van der Waals surface area contributed by atoms with Gasteiger partial charge in [0.15, 0.2) is 0 Å². The van der Waals surface area contributed by atoms with Crippen LogP contribution in [-0.4, -0.2) is 44.2 Å². The molecule has 0 aliphatic heterocycles. The summed E-state index contributed by atoms with van der Waals surface area (Å²) < 4.78 is 32.3. The third-order valence-corrected chi connectivity index (χ3v) is 7.26. The summed E-state index contributed by atoms with van der Waals surface area (Å²) in [5, 5.41) is 5.15. The number of hydrogen-bond acceptors (Lipinski definition) is 5. The van der Waals surface area contributed by atoms with Crippen LogP contribution in [-0.2, 0) is 21.4 Å². The van der Waals surface area contributed by atoms with Crippen LogP contribution in [0.5, 0.6) is 0 Å². The summed E-state index contributed by atoms with van der Waals surface area (Å²) in [6.07, 6.45) is 6.49. The molecule has 1 fully saturated rings. The fraction of sp³-hybridized carbons (Fsp3) is 0.429. The lowest BCUT2D eigenvalue weighted by Crippen LogP contribution is -2.38. The second-order valence-electron chi connectivity index (χ2n) is 7.38. The van der Waals surface area contributed by atoms with Crippen molar-refractivity contribution in [3.8, 4) is 0 Å². The van der Waals surface area contributed by atoms with Crippen LogP contribution in [0.4, 0.5) is 0 Å². The second-order valence-corrected chi connectivity index (χ2v) is 9.37. The fourth-order valence-corrected chi connectivity index (χ4v) is 4.93. The molecule has 0 unspecified atom stereocenters. The van der Waals surface area contributed by atoms with Gasteiger partial charge in [-0.3, -0.25) is 9.59 Å². The van der Waals surface area contributed by atoms with Gasteiger partial charge in [0.25, 0.3) is 5.91 Å². The van der Waals surface area contributed by atoms with Gasteiger partial charge in [-0.25, -0.2) is 8.42 Å². The lowest BCUT2D eigenvalue weighted by atomic mass is 9.96. The van der Waals surface area contributed by atoms with Gasteiger partial charge < -0.3 is 15.1 Å². The maximum Gasteiger partial charge on any atom is 0.251 e. The molecule has 1 saturated carbocycles. The molecule has 8 nitrogen and oxygen atoms in total. The van der Waals surface area contributed by atoms with Crippen LogP contribution in [0.2, 0.25) is 0 Å². The van der Waals surface area contributed by atoms with Crippen molar-refractivity contribution < 1.29 is 22.4 Å². The largest absolute Gasteiger partial charge is 0.467 e. The van der Waals surface area contributed by atoms with Crippen molar-refractivity contribution in [2.24, 2.45) is 0 Å². The molecule has 9 heteroatoms. The minimum atomic E-state index is -3.61. The van der Waals surface area contributed by atoms with Gasteiger partial charge >= 0.3 is 0 Å².